The molecule has 4 nitrogen and oxygen atoms in total. The first-order chi connectivity index (χ1) is 11.2. The average Bonchev–Trinajstić information content (AvgIpc) is 2.57. The maximum atomic E-state index is 12.9. The van der Waals surface area contributed by atoms with Crippen LogP contribution in [0.3, 0.4) is 0 Å². The van der Waals surface area contributed by atoms with E-state index < -0.39 is 0 Å². The van der Waals surface area contributed by atoms with Gasteiger partial charge in [0, 0.05) is 22.3 Å². The molecule has 0 aromatic heterocycles. The van der Waals surface area contributed by atoms with Crippen molar-refractivity contribution in [2.45, 2.75) is 19.5 Å². The van der Waals surface area contributed by atoms with Crippen LogP contribution in [0.2, 0.25) is 0 Å². The molecular weight excluding hydrogens is 356 g/mol. The van der Waals surface area contributed by atoms with Crippen molar-refractivity contribution in [3.8, 4) is 5.75 Å². The predicted octanol–water partition coefficient (Wildman–Crippen LogP) is 4.43. The zero-order valence-electron chi connectivity index (χ0n) is 13.2. The van der Waals surface area contributed by atoms with E-state index in [1.54, 1.807) is 7.11 Å². The smallest absolute Gasteiger partial charge is 0.257 e. The fourth-order valence-electron chi connectivity index (χ4n) is 2.93. The molecule has 1 aliphatic heterocycles. The van der Waals surface area contributed by atoms with Crippen molar-refractivity contribution in [1.29, 1.82) is 0 Å². The highest BCUT2D eigenvalue weighted by atomic mass is 79.9. The highest BCUT2D eigenvalue weighted by molar-refractivity contribution is 9.10. The van der Waals surface area contributed by atoms with Crippen LogP contribution in [0.25, 0.3) is 0 Å². The van der Waals surface area contributed by atoms with Gasteiger partial charge in [0.15, 0.2) is 0 Å². The molecule has 0 spiro atoms. The summed E-state index contributed by atoms with van der Waals surface area (Å²) in [6, 6.07) is 13.5. The molecule has 1 heterocycles. The fraction of sp³-hybridized carbons (Fsp3) is 0.278. The molecule has 0 aliphatic carbocycles. The van der Waals surface area contributed by atoms with E-state index >= 15 is 0 Å². The molecule has 0 bridgehead atoms. The van der Waals surface area contributed by atoms with Crippen molar-refractivity contribution in [1.82, 2.24) is 4.90 Å². The summed E-state index contributed by atoms with van der Waals surface area (Å²) in [5.74, 6) is 0.812. The largest absolute Gasteiger partial charge is 0.496 e. The first kappa shape index (κ1) is 15.9. The van der Waals surface area contributed by atoms with E-state index in [2.05, 4.69) is 28.2 Å². The monoisotopic (exact) mass is 374 g/mol. The van der Waals surface area contributed by atoms with Crippen molar-refractivity contribution in [3.63, 3.8) is 0 Å². The summed E-state index contributed by atoms with van der Waals surface area (Å²) in [6.45, 7) is 2.75. The van der Waals surface area contributed by atoms with E-state index in [0.29, 0.717) is 12.1 Å². The first-order valence-corrected chi connectivity index (χ1v) is 8.45. The van der Waals surface area contributed by atoms with E-state index in [0.717, 1.165) is 27.9 Å². The summed E-state index contributed by atoms with van der Waals surface area (Å²) in [4.78, 5) is 14.8. The van der Waals surface area contributed by atoms with Crippen molar-refractivity contribution < 1.29 is 9.53 Å². The minimum absolute atomic E-state index is 0.0493. The Labute approximate surface area is 144 Å². The molecule has 1 N–H and O–H groups in total. The second-order valence-corrected chi connectivity index (χ2v) is 6.39. The molecule has 3 rings (SSSR count). The lowest BCUT2D eigenvalue weighted by Crippen LogP contribution is -2.43. The molecule has 0 unspecified atom stereocenters. The molecule has 0 fully saturated rings. The number of benzene rings is 2. The second-order valence-electron chi connectivity index (χ2n) is 5.48. The Morgan fingerprint density at radius 1 is 1.26 bits per heavy atom. The molecule has 23 heavy (non-hydrogen) atoms. The summed E-state index contributed by atoms with van der Waals surface area (Å²) in [5.41, 5.74) is 2.52. The van der Waals surface area contributed by atoms with E-state index in [4.69, 9.17) is 4.74 Å². The Kier molecular flexibility index (Phi) is 4.57. The lowest BCUT2D eigenvalue weighted by molar-refractivity contribution is 0.0681. The quantitative estimate of drug-likeness (QED) is 0.860. The van der Waals surface area contributed by atoms with Crippen LogP contribution in [0, 0.1) is 0 Å². The highest BCUT2D eigenvalue weighted by Crippen LogP contribution is 2.37. The summed E-state index contributed by atoms with van der Waals surface area (Å²) in [7, 11) is 1.65. The Bertz CT molecular complexity index is 733. The molecular formula is C18H19BrN2O2. The number of nitrogens with zero attached hydrogens (tertiary/aromatic N) is 1. The maximum absolute atomic E-state index is 12.9. The summed E-state index contributed by atoms with van der Waals surface area (Å²) < 4.78 is 6.46. The van der Waals surface area contributed by atoms with E-state index in [-0.39, 0.29) is 12.1 Å². The number of carbonyl (C=O) groups is 1. The molecule has 0 saturated carbocycles. The lowest BCUT2D eigenvalue weighted by Gasteiger charge is -2.38. The van der Waals surface area contributed by atoms with Gasteiger partial charge in [-0.25, -0.2) is 0 Å². The number of hydrogen-bond donors (Lipinski definition) is 1. The molecule has 0 radical (unpaired) electrons. The fourth-order valence-corrected chi connectivity index (χ4v) is 3.31. The van der Waals surface area contributed by atoms with Crippen molar-refractivity contribution in [2.24, 2.45) is 0 Å². The predicted molar refractivity (Wildman–Crippen MR) is 94.8 cm³/mol. The van der Waals surface area contributed by atoms with Crippen LogP contribution in [0.5, 0.6) is 5.75 Å². The number of fused-ring (bicyclic) bond motifs is 1. The number of ether oxygens (including phenoxy) is 1. The van der Waals surface area contributed by atoms with Crippen molar-refractivity contribution in [3.05, 3.63) is 58.1 Å². The third kappa shape index (κ3) is 2.93. The minimum Gasteiger partial charge on any atom is -0.496 e. The Balaban J connectivity index is 2.10. The zero-order chi connectivity index (χ0) is 16.4. The Morgan fingerprint density at radius 2 is 2.04 bits per heavy atom. The van der Waals surface area contributed by atoms with Gasteiger partial charge in [-0.05, 0) is 36.8 Å². The Morgan fingerprint density at radius 3 is 2.78 bits per heavy atom. The number of rotatable bonds is 4. The van der Waals surface area contributed by atoms with Crippen LogP contribution in [-0.4, -0.2) is 24.5 Å². The summed E-state index contributed by atoms with van der Waals surface area (Å²) >= 11 is 3.51. The number of hydrogen-bond acceptors (Lipinski definition) is 3. The molecule has 2 aromatic carbocycles. The van der Waals surface area contributed by atoms with Crippen LogP contribution < -0.4 is 10.1 Å². The molecule has 5 heteroatoms. The standard InChI is InChI=1S/C18H19BrN2O2/c1-3-10-21-17(14-11-12(19)8-9-16(14)23-2)20-15-7-5-4-6-13(15)18(21)22/h4-9,11,17,20H,3,10H2,1-2H3/t17-/m1/s1. The van der Waals surface area contributed by atoms with Gasteiger partial charge in [0.2, 0.25) is 0 Å². The number of anilines is 1. The molecule has 0 saturated heterocycles. The molecule has 1 aliphatic rings. The number of methoxy groups -OCH3 is 1. The minimum atomic E-state index is -0.246. The van der Waals surface area contributed by atoms with Crippen LogP contribution >= 0.6 is 15.9 Å². The van der Waals surface area contributed by atoms with Gasteiger partial charge < -0.3 is 15.0 Å². The van der Waals surface area contributed by atoms with Gasteiger partial charge in [-0.3, -0.25) is 4.79 Å². The first-order valence-electron chi connectivity index (χ1n) is 7.65. The van der Waals surface area contributed by atoms with Crippen LogP contribution in [0.15, 0.2) is 46.9 Å². The van der Waals surface area contributed by atoms with Gasteiger partial charge in [-0.2, -0.15) is 0 Å². The van der Waals surface area contributed by atoms with E-state index in [1.165, 1.54) is 0 Å². The van der Waals surface area contributed by atoms with E-state index in [9.17, 15) is 4.79 Å². The van der Waals surface area contributed by atoms with Gasteiger partial charge in [-0.15, -0.1) is 0 Å². The summed E-state index contributed by atoms with van der Waals surface area (Å²) in [6.07, 6.45) is 0.646. The van der Waals surface area contributed by atoms with Crippen LogP contribution in [0.1, 0.15) is 35.4 Å². The highest BCUT2D eigenvalue weighted by Gasteiger charge is 2.33. The van der Waals surface area contributed by atoms with Gasteiger partial charge in [-0.1, -0.05) is 35.0 Å². The van der Waals surface area contributed by atoms with Gasteiger partial charge in [0.25, 0.3) is 5.91 Å². The normalized spacial score (nSPS) is 16.7. The topological polar surface area (TPSA) is 41.6 Å². The number of carbonyl (C=O) groups excluding carboxylic acids is 1. The molecule has 120 valence electrons. The second kappa shape index (κ2) is 6.62. The van der Waals surface area contributed by atoms with Crippen LogP contribution in [0.4, 0.5) is 5.69 Å². The molecule has 1 amide bonds. The number of para-hydroxylation sites is 1. The van der Waals surface area contributed by atoms with Gasteiger partial charge in [0.05, 0.1) is 12.7 Å². The maximum Gasteiger partial charge on any atom is 0.257 e. The summed E-state index contributed by atoms with van der Waals surface area (Å²) in [5, 5.41) is 3.48. The van der Waals surface area contributed by atoms with Crippen LogP contribution in [-0.2, 0) is 0 Å². The number of nitrogens with one attached hydrogen (secondary N) is 1. The number of amides is 1. The van der Waals surface area contributed by atoms with Crippen molar-refractivity contribution >= 4 is 27.5 Å². The average molecular weight is 375 g/mol. The number of halogens is 1. The van der Waals surface area contributed by atoms with E-state index in [1.807, 2.05) is 47.4 Å². The van der Waals surface area contributed by atoms with Gasteiger partial charge in [0.1, 0.15) is 11.9 Å². The lowest BCUT2D eigenvalue weighted by atomic mass is 10.0. The Hall–Kier alpha value is -2.01. The zero-order valence-corrected chi connectivity index (χ0v) is 14.8. The van der Waals surface area contributed by atoms with Crippen molar-refractivity contribution in [2.75, 3.05) is 19.0 Å². The SMILES string of the molecule is CCCN1C(=O)c2ccccc2N[C@H]1c1cc(Br)ccc1OC. The third-order valence-electron chi connectivity index (χ3n) is 3.97. The molecule has 2 aromatic rings. The third-order valence-corrected chi connectivity index (χ3v) is 4.47. The molecule has 1 atom stereocenters. The van der Waals surface area contributed by atoms with Gasteiger partial charge >= 0.3 is 0 Å².